The summed E-state index contributed by atoms with van der Waals surface area (Å²) in [5.41, 5.74) is 5.98. The highest BCUT2D eigenvalue weighted by atomic mass is 16.5. The molecule has 1 aliphatic heterocycles. The average Bonchev–Trinajstić information content (AvgIpc) is 3.43. The van der Waals surface area contributed by atoms with E-state index in [-0.39, 0.29) is 0 Å². The molecule has 1 saturated heterocycles. The van der Waals surface area contributed by atoms with Gasteiger partial charge < -0.3 is 4.74 Å². The molecule has 1 aromatic carbocycles. The molecule has 3 aromatic rings. The van der Waals surface area contributed by atoms with Crippen LogP contribution >= 0.6 is 0 Å². The molecule has 29 heavy (non-hydrogen) atoms. The number of rotatable bonds is 7. The number of aromatic nitrogens is 4. The van der Waals surface area contributed by atoms with Crippen LogP contribution in [0, 0.1) is 13.8 Å². The number of nitrogens with one attached hydrogen (secondary N) is 1. The Morgan fingerprint density at radius 3 is 2.72 bits per heavy atom. The number of hydrogen-bond donors (Lipinski definition) is 1. The molecular weight excluding hydrogens is 362 g/mol. The molecule has 1 aliphatic rings. The Balaban J connectivity index is 1.35. The highest BCUT2D eigenvalue weighted by Gasteiger charge is 2.27. The van der Waals surface area contributed by atoms with Gasteiger partial charge in [0.2, 0.25) is 0 Å². The zero-order valence-electron chi connectivity index (χ0n) is 17.9. The lowest BCUT2D eigenvalue weighted by Crippen LogP contribution is -2.20. The molecule has 0 radical (unpaired) electrons. The quantitative estimate of drug-likeness (QED) is 0.647. The van der Waals surface area contributed by atoms with Crippen LogP contribution in [0.3, 0.4) is 0 Å². The SMILES string of the molecule is Cc1nn(C(C)C)c(C)c1CN1CC[C@H](c2cc(COc3ccccc3)[nH]n2)C1. The Kier molecular flexibility index (Phi) is 5.72. The normalized spacial score (nSPS) is 17.3. The highest BCUT2D eigenvalue weighted by Crippen LogP contribution is 2.29. The topological polar surface area (TPSA) is 59.0 Å². The van der Waals surface area contributed by atoms with Gasteiger partial charge in [0.1, 0.15) is 12.4 Å². The van der Waals surface area contributed by atoms with Gasteiger partial charge in [0, 0.05) is 36.3 Å². The van der Waals surface area contributed by atoms with E-state index in [0.29, 0.717) is 18.6 Å². The van der Waals surface area contributed by atoms with Crippen molar-refractivity contribution in [3.05, 3.63) is 64.7 Å². The van der Waals surface area contributed by atoms with Crippen LogP contribution in [0.15, 0.2) is 36.4 Å². The maximum Gasteiger partial charge on any atom is 0.130 e. The van der Waals surface area contributed by atoms with E-state index in [1.54, 1.807) is 0 Å². The highest BCUT2D eigenvalue weighted by molar-refractivity contribution is 5.26. The summed E-state index contributed by atoms with van der Waals surface area (Å²) in [4.78, 5) is 2.53. The molecule has 6 nitrogen and oxygen atoms in total. The van der Waals surface area contributed by atoms with E-state index < -0.39 is 0 Å². The summed E-state index contributed by atoms with van der Waals surface area (Å²) in [7, 11) is 0. The number of aromatic amines is 1. The largest absolute Gasteiger partial charge is 0.487 e. The molecule has 6 heteroatoms. The molecule has 0 aliphatic carbocycles. The predicted molar refractivity (Wildman–Crippen MR) is 114 cm³/mol. The number of H-pyrrole nitrogens is 1. The van der Waals surface area contributed by atoms with Gasteiger partial charge in [-0.3, -0.25) is 14.7 Å². The minimum Gasteiger partial charge on any atom is -0.487 e. The second-order valence-electron chi connectivity index (χ2n) is 8.33. The summed E-state index contributed by atoms with van der Waals surface area (Å²) < 4.78 is 7.97. The zero-order chi connectivity index (χ0) is 20.4. The van der Waals surface area contributed by atoms with E-state index in [9.17, 15) is 0 Å². The lowest BCUT2D eigenvalue weighted by molar-refractivity contribution is 0.301. The molecule has 1 N–H and O–H groups in total. The number of nitrogens with zero attached hydrogens (tertiary/aromatic N) is 4. The van der Waals surface area contributed by atoms with E-state index in [1.807, 2.05) is 30.3 Å². The molecule has 1 fully saturated rings. The second kappa shape index (κ2) is 8.41. The Morgan fingerprint density at radius 2 is 2.00 bits per heavy atom. The molecule has 1 atom stereocenters. The van der Waals surface area contributed by atoms with Crippen molar-refractivity contribution in [3.63, 3.8) is 0 Å². The van der Waals surface area contributed by atoms with Crippen LogP contribution in [0.2, 0.25) is 0 Å². The van der Waals surface area contributed by atoms with Gasteiger partial charge in [-0.15, -0.1) is 0 Å². The van der Waals surface area contributed by atoms with Gasteiger partial charge in [-0.2, -0.15) is 10.2 Å². The summed E-state index contributed by atoms with van der Waals surface area (Å²) >= 11 is 0. The summed E-state index contributed by atoms with van der Waals surface area (Å²) in [6, 6.07) is 12.4. The molecule has 0 saturated carbocycles. The number of likely N-dealkylation sites (tertiary alicyclic amines) is 1. The first-order valence-corrected chi connectivity index (χ1v) is 10.5. The lowest BCUT2D eigenvalue weighted by Gasteiger charge is -2.16. The van der Waals surface area contributed by atoms with Gasteiger partial charge in [0.25, 0.3) is 0 Å². The first-order chi connectivity index (χ1) is 14.0. The molecule has 154 valence electrons. The molecule has 0 amide bonds. The van der Waals surface area contributed by atoms with E-state index in [2.05, 4.69) is 53.5 Å². The minimum absolute atomic E-state index is 0.398. The lowest BCUT2D eigenvalue weighted by atomic mass is 10.1. The predicted octanol–water partition coefficient (Wildman–Crippen LogP) is 4.37. The van der Waals surface area contributed by atoms with Crippen molar-refractivity contribution in [2.45, 2.75) is 59.2 Å². The van der Waals surface area contributed by atoms with E-state index in [1.165, 1.54) is 11.3 Å². The summed E-state index contributed by atoms with van der Waals surface area (Å²) in [5.74, 6) is 1.35. The van der Waals surface area contributed by atoms with Crippen molar-refractivity contribution >= 4 is 0 Å². The van der Waals surface area contributed by atoms with Crippen LogP contribution in [-0.4, -0.2) is 38.0 Å². The fraction of sp³-hybridized carbons (Fsp3) is 0.478. The Labute approximate surface area is 172 Å². The molecule has 0 unspecified atom stereocenters. The Morgan fingerprint density at radius 1 is 1.21 bits per heavy atom. The average molecular weight is 394 g/mol. The third-order valence-electron chi connectivity index (χ3n) is 5.82. The number of ether oxygens (including phenoxy) is 1. The maximum absolute atomic E-state index is 5.83. The molecule has 2 aromatic heterocycles. The standard InChI is InChI=1S/C23H31N5O/c1-16(2)28-18(4)22(17(3)26-28)14-27-11-10-19(13-27)23-12-20(24-25-23)15-29-21-8-6-5-7-9-21/h5-9,12,16,19H,10-11,13-15H2,1-4H3,(H,24,25)/t19-/m0/s1. The van der Waals surface area contributed by atoms with Crippen LogP contribution in [0.25, 0.3) is 0 Å². The first-order valence-electron chi connectivity index (χ1n) is 10.5. The molecule has 4 rings (SSSR count). The molecular formula is C23H31N5O. The molecule has 0 spiro atoms. The van der Waals surface area contributed by atoms with Gasteiger partial charge in [-0.05, 0) is 58.9 Å². The fourth-order valence-electron chi connectivity index (χ4n) is 4.21. The number of benzene rings is 1. The van der Waals surface area contributed by atoms with Crippen molar-refractivity contribution in [2.75, 3.05) is 13.1 Å². The van der Waals surface area contributed by atoms with Gasteiger partial charge in [-0.25, -0.2) is 0 Å². The van der Waals surface area contributed by atoms with Crippen molar-refractivity contribution in [3.8, 4) is 5.75 Å². The fourth-order valence-corrected chi connectivity index (χ4v) is 4.21. The summed E-state index contributed by atoms with van der Waals surface area (Å²) in [5, 5.41) is 12.4. The van der Waals surface area contributed by atoms with Crippen LogP contribution in [0.4, 0.5) is 0 Å². The van der Waals surface area contributed by atoms with Crippen molar-refractivity contribution in [1.29, 1.82) is 0 Å². The van der Waals surface area contributed by atoms with Crippen molar-refractivity contribution < 1.29 is 4.74 Å². The van der Waals surface area contributed by atoms with Crippen LogP contribution in [0.5, 0.6) is 5.75 Å². The number of para-hydroxylation sites is 1. The van der Waals surface area contributed by atoms with Crippen molar-refractivity contribution in [2.24, 2.45) is 0 Å². The van der Waals surface area contributed by atoms with Gasteiger partial charge in [0.15, 0.2) is 0 Å². The molecule has 0 bridgehead atoms. The molecule has 3 heterocycles. The van der Waals surface area contributed by atoms with E-state index in [0.717, 1.165) is 48.9 Å². The maximum atomic E-state index is 5.83. The summed E-state index contributed by atoms with van der Waals surface area (Å²) in [6.45, 7) is 12.3. The van der Waals surface area contributed by atoms with Crippen LogP contribution in [0.1, 0.15) is 60.6 Å². The van der Waals surface area contributed by atoms with E-state index >= 15 is 0 Å². The third-order valence-corrected chi connectivity index (χ3v) is 5.82. The number of hydrogen-bond acceptors (Lipinski definition) is 4. The second-order valence-corrected chi connectivity index (χ2v) is 8.33. The number of aryl methyl sites for hydroxylation is 1. The smallest absolute Gasteiger partial charge is 0.130 e. The van der Waals surface area contributed by atoms with Crippen LogP contribution in [-0.2, 0) is 13.2 Å². The van der Waals surface area contributed by atoms with Gasteiger partial charge >= 0.3 is 0 Å². The third kappa shape index (κ3) is 4.37. The van der Waals surface area contributed by atoms with Crippen molar-refractivity contribution in [1.82, 2.24) is 24.9 Å². The summed E-state index contributed by atoms with van der Waals surface area (Å²) in [6.07, 6.45) is 1.14. The first kappa shape index (κ1) is 19.7. The van der Waals surface area contributed by atoms with Gasteiger partial charge in [-0.1, -0.05) is 18.2 Å². The minimum atomic E-state index is 0.398. The van der Waals surface area contributed by atoms with Crippen LogP contribution < -0.4 is 4.74 Å². The Bertz CT molecular complexity index is 944. The Hall–Kier alpha value is -2.60. The van der Waals surface area contributed by atoms with E-state index in [4.69, 9.17) is 9.84 Å². The monoisotopic (exact) mass is 393 g/mol. The van der Waals surface area contributed by atoms with Gasteiger partial charge in [0.05, 0.1) is 17.1 Å². The zero-order valence-corrected chi connectivity index (χ0v) is 17.9.